The van der Waals surface area contributed by atoms with Crippen molar-refractivity contribution in [1.29, 1.82) is 0 Å². The predicted molar refractivity (Wildman–Crippen MR) is 155 cm³/mol. The summed E-state index contributed by atoms with van der Waals surface area (Å²) in [4.78, 5) is 13.0. The van der Waals surface area contributed by atoms with Crippen LogP contribution in [0.4, 0.5) is 5.69 Å². The first-order valence-corrected chi connectivity index (χ1v) is 13.6. The van der Waals surface area contributed by atoms with Crippen molar-refractivity contribution in [3.05, 3.63) is 89.5 Å². The minimum Gasteiger partial charge on any atom is -0.325 e. The molecule has 0 radical (unpaired) electrons. The molecule has 0 bridgehead atoms. The fourth-order valence-corrected chi connectivity index (χ4v) is 4.91. The van der Waals surface area contributed by atoms with Crippen molar-refractivity contribution in [2.75, 3.05) is 11.1 Å². The molecule has 0 fully saturated rings. The van der Waals surface area contributed by atoms with Gasteiger partial charge in [0.15, 0.2) is 11.0 Å². The number of nitrogens with zero attached hydrogens (tertiary/aromatic N) is 3. The van der Waals surface area contributed by atoms with Crippen LogP contribution in [-0.4, -0.2) is 26.4 Å². The second kappa shape index (κ2) is 10.5. The number of thioether (sulfide) groups is 1. The number of hydrogen-bond donors (Lipinski definition) is 1. The van der Waals surface area contributed by atoms with Crippen LogP contribution in [-0.2, 0) is 15.6 Å². The van der Waals surface area contributed by atoms with Crippen LogP contribution in [0.15, 0.2) is 78.0 Å². The largest absolute Gasteiger partial charge is 0.325 e. The van der Waals surface area contributed by atoms with Crippen LogP contribution < -0.4 is 5.32 Å². The van der Waals surface area contributed by atoms with Gasteiger partial charge in [0.1, 0.15) is 0 Å². The lowest BCUT2D eigenvalue weighted by atomic mass is 9.86. The Labute approximate surface area is 224 Å². The number of anilines is 1. The highest BCUT2D eigenvalue weighted by atomic mass is 32.2. The molecule has 3 aromatic carbocycles. The third-order valence-corrected chi connectivity index (χ3v) is 7.21. The molecule has 1 amide bonds. The monoisotopic (exact) mass is 512 g/mol. The fourth-order valence-electron chi connectivity index (χ4n) is 4.16. The van der Waals surface area contributed by atoms with Crippen molar-refractivity contribution in [1.82, 2.24) is 14.8 Å². The number of aryl methyl sites for hydroxylation is 1. The topological polar surface area (TPSA) is 59.8 Å². The molecule has 0 saturated carbocycles. The zero-order chi connectivity index (χ0) is 26.8. The Morgan fingerprint density at radius 3 is 2.11 bits per heavy atom. The molecule has 5 nitrogen and oxygen atoms in total. The lowest BCUT2D eigenvalue weighted by Gasteiger charge is -2.23. The van der Waals surface area contributed by atoms with E-state index in [1.807, 2.05) is 22.8 Å². The number of carbonyl (C=O) groups excluding carboxylic acids is 1. The fraction of sp³-hybridized carbons (Fsp3) is 0.323. The van der Waals surface area contributed by atoms with E-state index in [0.717, 1.165) is 28.3 Å². The first-order chi connectivity index (χ1) is 17.4. The van der Waals surface area contributed by atoms with Gasteiger partial charge in [-0.1, -0.05) is 113 Å². The molecule has 1 heterocycles. The van der Waals surface area contributed by atoms with E-state index in [2.05, 4.69) is 119 Å². The van der Waals surface area contributed by atoms with Gasteiger partial charge in [0.25, 0.3) is 0 Å². The number of hydrogen-bond acceptors (Lipinski definition) is 4. The molecular weight excluding hydrogens is 476 g/mol. The minimum atomic E-state index is -0.0729. The maximum Gasteiger partial charge on any atom is 0.234 e. The van der Waals surface area contributed by atoms with Crippen LogP contribution in [0.1, 0.15) is 58.2 Å². The molecule has 0 aliphatic carbocycles. The average molecular weight is 513 g/mol. The van der Waals surface area contributed by atoms with Crippen molar-refractivity contribution in [2.45, 2.75) is 64.5 Å². The Bertz CT molecular complexity index is 1370. The highest BCUT2D eigenvalue weighted by Gasteiger charge is 2.21. The predicted octanol–water partition coefficient (Wildman–Crippen LogP) is 7.57. The number of rotatable bonds is 6. The van der Waals surface area contributed by atoms with Gasteiger partial charge < -0.3 is 5.32 Å². The number of carbonyl (C=O) groups is 1. The summed E-state index contributed by atoms with van der Waals surface area (Å²) in [6.07, 6.45) is 0. The molecule has 0 atom stereocenters. The molecule has 0 saturated heterocycles. The van der Waals surface area contributed by atoms with Gasteiger partial charge in [0.05, 0.1) is 5.75 Å². The zero-order valence-corrected chi connectivity index (χ0v) is 23.6. The van der Waals surface area contributed by atoms with E-state index >= 15 is 0 Å². The van der Waals surface area contributed by atoms with Crippen LogP contribution in [0, 0.1) is 6.92 Å². The van der Waals surface area contributed by atoms with Crippen LogP contribution in [0.25, 0.3) is 17.1 Å². The van der Waals surface area contributed by atoms with Crippen LogP contribution in [0.2, 0.25) is 0 Å². The van der Waals surface area contributed by atoms with Gasteiger partial charge in [-0.05, 0) is 47.1 Å². The smallest absolute Gasteiger partial charge is 0.234 e. The van der Waals surface area contributed by atoms with E-state index < -0.39 is 0 Å². The average Bonchev–Trinajstić information content (AvgIpc) is 3.26. The quantitative estimate of drug-likeness (QED) is 0.271. The molecule has 6 heteroatoms. The van der Waals surface area contributed by atoms with E-state index in [1.165, 1.54) is 22.9 Å². The van der Waals surface area contributed by atoms with Gasteiger partial charge in [-0.2, -0.15) is 0 Å². The number of nitrogens with one attached hydrogen (secondary N) is 1. The highest BCUT2D eigenvalue weighted by Crippen LogP contribution is 2.32. The third-order valence-electron chi connectivity index (χ3n) is 6.28. The minimum absolute atomic E-state index is 0.0694. The van der Waals surface area contributed by atoms with Crippen LogP contribution >= 0.6 is 11.8 Å². The summed E-state index contributed by atoms with van der Waals surface area (Å²) in [6, 6.07) is 24.7. The lowest BCUT2D eigenvalue weighted by molar-refractivity contribution is -0.113. The van der Waals surface area contributed by atoms with Gasteiger partial charge in [-0.15, -0.1) is 10.2 Å². The molecule has 0 spiro atoms. The molecular formula is C31H36N4OS. The lowest BCUT2D eigenvalue weighted by Crippen LogP contribution is -2.20. The molecule has 4 rings (SSSR count). The van der Waals surface area contributed by atoms with Crippen molar-refractivity contribution in [3.63, 3.8) is 0 Å². The first-order valence-electron chi connectivity index (χ1n) is 12.6. The molecule has 0 aliphatic heterocycles. The molecule has 0 aliphatic rings. The number of amides is 1. The molecule has 192 valence electrons. The van der Waals surface area contributed by atoms with Crippen LogP contribution in [0.3, 0.4) is 0 Å². The van der Waals surface area contributed by atoms with Gasteiger partial charge >= 0.3 is 0 Å². The van der Waals surface area contributed by atoms with E-state index in [0.29, 0.717) is 5.16 Å². The molecule has 0 unspecified atom stereocenters. The summed E-state index contributed by atoms with van der Waals surface area (Å²) in [5.74, 6) is 0.910. The third kappa shape index (κ3) is 6.31. The number of benzene rings is 3. The Morgan fingerprint density at radius 1 is 0.838 bits per heavy atom. The van der Waals surface area contributed by atoms with Crippen molar-refractivity contribution in [3.8, 4) is 17.1 Å². The molecule has 4 aromatic rings. The highest BCUT2D eigenvalue weighted by molar-refractivity contribution is 7.99. The standard InChI is InChI=1S/C31H36N4OS/c1-21-12-18-24(19-13-21)35-28(22-14-16-23(17-15-22)30(2,3)4)33-34-29(35)37-20-27(36)32-26-11-9-8-10-25(26)31(5,6)7/h8-19H,20H2,1-7H3,(H,32,36). The summed E-state index contributed by atoms with van der Waals surface area (Å²) in [5, 5.41) is 12.8. The maximum atomic E-state index is 13.0. The van der Waals surface area contributed by atoms with E-state index in [1.54, 1.807) is 0 Å². The molecule has 1 aromatic heterocycles. The Hall–Kier alpha value is -3.38. The normalized spacial score (nSPS) is 12.0. The van der Waals surface area contributed by atoms with Crippen molar-refractivity contribution in [2.24, 2.45) is 0 Å². The summed E-state index contributed by atoms with van der Waals surface area (Å²) in [7, 11) is 0. The number of para-hydroxylation sites is 1. The maximum absolute atomic E-state index is 13.0. The molecule has 37 heavy (non-hydrogen) atoms. The first kappa shape index (κ1) is 26.7. The SMILES string of the molecule is Cc1ccc(-n2c(SCC(=O)Nc3ccccc3C(C)(C)C)nnc2-c2ccc(C(C)(C)C)cc2)cc1. The van der Waals surface area contributed by atoms with Gasteiger partial charge in [-0.25, -0.2) is 0 Å². The van der Waals surface area contributed by atoms with E-state index in [-0.39, 0.29) is 22.5 Å². The van der Waals surface area contributed by atoms with E-state index in [9.17, 15) is 4.79 Å². The van der Waals surface area contributed by atoms with Crippen molar-refractivity contribution < 1.29 is 4.79 Å². The van der Waals surface area contributed by atoms with Crippen molar-refractivity contribution >= 4 is 23.4 Å². The summed E-state index contributed by atoms with van der Waals surface area (Å²) < 4.78 is 2.03. The van der Waals surface area contributed by atoms with Gasteiger partial charge in [0.2, 0.25) is 5.91 Å². The van der Waals surface area contributed by atoms with E-state index in [4.69, 9.17) is 0 Å². The second-order valence-electron chi connectivity index (χ2n) is 11.4. The van der Waals surface area contributed by atoms with Gasteiger partial charge in [0, 0.05) is 16.9 Å². The summed E-state index contributed by atoms with van der Waals surface area (Å²) >= 11 is 1.39. The Balaban J connectivity index is 1.61. The zero-order valence-electron chi connectivity index (χ0n) is 22.8. The second-order valence-corrected chi connectivity index (χ2v) is 12.4. The summed E-state index contributed by atoms with van der Waals surface area (Å²) in [6.45, 7) is 15.1. The number of aromatic nitrogens is 3. The Kier molecular flexibility index (Phi) is 7.60. The van der Waals surface area contributed by atoms with Crippen LogP contribution in [0.5, 0.6) is 0 Å². The summed E-state index contributed by atoms with van der Waals surface area (Å²) in [5.41, 5.74) is 6.35. The van der Waals surface area contributed by atoms with Gasteiger partial charge in [-0.3, -0.25) is 9.36 Å². The molecule has 1 N–H and O–H groups in total. The Morgan fingerprint density at radius 2 is 1.49 bits per heavy atom.